The predicted octanol–water partition coefficient (Wildman–Crippen LogP) is 5.35. The molecular weight excluding hydrogens is 341 g/mol. The fourth-order valence-corrected chi connectivity index (χ4v) is 2.41. The van der Waals surface area contributed by atoms with Gasteiger partial charge < -0.3 is 9.15 Å². The van der Waals surface area contributed by atoms with Crippen molar-refractivity contribution >= 4 is 22.6 Å². The topological polar surface area (TPSA) is 82.6 Å². The van der Waals surface area contributed by atoms with Gasteiger partial charge in [-0.3, -0.25) is 10.1 Å². The molecule has 0 aliphatic carbocycles. The fraction of sp³-hybridized carbons (Fsp3) is 0.211. The van der Waals surface area contributed by atoms with Crippen molar-refractivity contribution in [2.45, 2.75) is 20.8 Å². The molecule has 0 aliphatic rings. The van der Waals surface area contributed by atoms with Crippen molar-refractivity contribution in [1.82, 2.24) is 0 Å². The number of nitro groups is 1. The third-order valence-electron chi connectivity index (χ3n) is 3.47. The third-order valence-corrected chi connectivity index (χ3v) is 3.47. The summed E-state index contributed by atoms with van der Waals surface area (Å²) < 4.78 is 23.8. The molecule has 2 aromatic carbocycles. The van der Waals surface area contributed by atoms with Gasteiger partial charge in [-0.2, -0.15) is 0 Å². The quantitative estimate of drug-likeness (QED) is 0.356. The third kappa shape index (κ3) is 3.72. The molecular formula is C19H18FNO5. The van der Waals surface area contributed by atoms with Gasteiger partial charge in [-0.25, -0.2) is 9.18 Å². The average Bonchev–Trinajstić information content (AvgIpc) is 3.02. The maximum absolute atomic E-state index is 13.1. The highest BCUT2D eigenvalue weighted by atomic mass is 19.1. The van der Waals surface area contributed by atoms with Crippen molar-refractivity contribution in [1.29, 1.82) is 0 Å². The van der Waals surface area contributed by atoms with E-state index in [1.807, 2.05) is 13.8 Å². The number of benzene rings is 2. The summed E-state index contributed by atoms with van der Waals surface area (Å²) >= 11 is 0. The summed E-state index contributed by atoms with van der Waals surface area (Å²) in [6.45, 7) is 5.84. The molecule has 0 spiro atoms. The van der Waals surface area contributed by atoms with Gasteiger partial charge in [0.2, 0.25) is 0 Å². The lowest BCUT2D eigenvalue weighted by molar-refractivity contribution is -0.384. The van der Waals surface area contributed by atoms with Crippen LogP contribution in [0.4, 0.5) is 10.1 Å². The summed E-state index contributed by atoms with van der Waals surface area (Å²) in [7, 11) is 0. The van der Waals surface area contributed by atoms with Crippen LogP contribution in [0.2, 0.25) is 0 Å². The number of ether oxygens (including phenoxy) is 1. The van der Waals surface area contributed by atoms with E-state index in [9.17, 15) is 19.3 Å². The van der Waals surface area contributed by atoms with E-state index in [1.54, 1.807) is 6.92 Å². The molecule has 136 valence electrons. The zero-order chi connectivity index (χ0) is 19.3. The van der Waals surface area contributed by atoms with E-state index in [0.29, 0.717) is 10.9 Å². The van der Waals surface area contributed by atoms with Crippen LogP contribution in [0.3, 0.4) is 0 Å². The molecule has 0 saturated carbocycles. The number of non-ortho nitro benzene ring substituents is 1. The molecule has 0 unspecified atom stereocenters. The molecule has 3 aromatic rings. The Balaban J connectivity index is 0.00000117. The molecule has 7 heteroatoms. The Morgan fingerprint density at radius 2 is 1.85 bits per heavy atom. The number of hydrogen-bond donors (Lipinski definition) is 0. The van der Waals surface area contributed by atoms with Crippen LogP contribution >= 0.6 is 0 Å². The molecule has 3 rings (SSSR count). The van der Waals surface area contributed by atoms with Gasteiger partial charge in [-0.1, -0.05) is 13.8 Å². The maximum atomic E-state index is 13.1. The second-order valence-corrected chi connectivity index (χ2v) is 4.97. The minimum absolute atomic E-state index is 0.155. The highest BCUT2D eigenvalue weighted by Crippen LogP contribution is 2.35. The van der Waals surface area contributed by atoms with Gasteiger partial charge in [0.25, 0.3) is 5.69 Å². The van der Waals surface area contributed by atoms with Crippen molar-refractivity contribution in [2.75, 3.05) is 6.61 Å². The molecule has 0 amide bonds. The number of esters is 1. The number of rotatable bonds is 4. The Morgan fingerprint density at radius 1 is 1.19 bits per heavy atom. The summed E-state index contributed by atoms with van der Waals surface area (Å²) in [5, 5.41) is 11.3. The minimum atomic E-state index is -0.607. The van der Waals surface area contributed by atoms with Crippen LogP contribution in [0, 0.1) is 15.9 Å². The Labute approximate surface area is 149 Å². The standard InChI is InChI=1S/C17H12FNO5.C2H6/c1-2-23-17(20)15-13-8-7-12(19(21)22)9-14(13)24-16(15)10-3-5-11(18)6-4-10;1-2/h3-9H,2H2,1H3;1-2H3. The number of nitrogens with zero attached hydrogens (tertiary/aromatic N) is 1. The molecule has 1 heterocycles. The predicted molar refractivity (Wildman–Crippen MR) is 95.6 cm³/mol. The first kappa shape index (κ1) is 19.1. The van der Waals surface area contributed by atoms with Crippen LogP contribution in [0.25, 0.3) is 22.3 Å². The smallest absolute Gasteiger partial charge is 0.342 e. The van der Waals surface area contributed by atoms with E-state index >= 15 is 0 Å². The molecule has 0 N–H and O–H groups in total. The number of fused-ring (bicyclic) bond motifs is 1. The van der Waals surface area contributed by atoms with Gasteiger partial charge in [0.1, 0.15) is 22.7 Å². The first-order chi connectivity index (χ1) is 12.5. The van der Waals surface area contributed by atoms with Crippen LogP contribution in [0.5, 0.6) is 0 Å². The van der Waals surface area contributed by atoms with Crippen LogP contribution in [0.15, 0.2) is 46.9 Å². The molecule has 6 nitrogen and oxygen atoms in total. The van der Waals surface area contributed by atoms with Crippen molar-refractivity contribution in [3.05, 3.63) is 64.0 Å². The van der Waals surface area contributed by atoms with Crippen LogP contribution < -0.4 is 0 Å². The van der Waals surface area contributed by atoms with Gasteiger partial charge in [0.05, 0.1) is 17.6 Å². The summed E-state index contributed by atoms with van der Waals surface area (Å²) in [5.74, 6) is -0.850. The molecule has 0 radical (unpaired) electrons. The van der Waals surface area contributed by atoms with Gasteiger partial charge in [-0.05, 0) is 37.3 Å². The van der Waals surface area contributed by atoms with E-state index in [-0.39, 0.29) is 29.2 Å². The van der Waals surface area contributed by atoms with Crippen molar-refractivity contribution in [2.24, 2.45) is 0 Å². The van der Waals surface area contributed by atoms with E-state index in [2.05, 4.69) is 0 Å². The molecule has 0 saturated heterocycles. The van der Waals surface area contributed by atoms with E-state index < -0.39 is 16.7 Å². The van der Waals surface area contributed by atoms with Crippen molar-refractivity contribution in [3.8, 4) is 11.3 Å². The monoisotopic (exact) mass is 359 g/mol. The fourth-order valence-electron chi connectivity index (χ4n) is 2.41. The molecule has 26 heavy (non-hydrogen) atoms. The summed E-state index contributed by atoms with van der Waals surface area (Å²) in [5.41, 5.74) is 0.663. The Kier molecular flexibility index (Phi) is 6.06. The van der Waals surface area contributed by atoms with Gasteiger partial charge >= 0.3 is 5.97 Å². The van der Waals surface area contributed by atoms with Crippen LogP contribution in [-0.4, -0.2) is 17.5 Å². The van der Waals surface area contributed by atoms with E-state index in [4.69, 9.17) is 9.15 Å². The average molecular weight is 359 g/mol. The Bertz CT molecular complexity index is 931. The maximum Gasteiger partial charge on any atom is 0.342 e. The zero-order valence-electron chi connectivity index (χ0n) is 14.6. The Morgan fingerprint density at radius 3 is 2.42 bits per heavy atom. The van der Waals surface area contributed by atoms with Crippen LogP contribution in [-0.2, 0) is 4.74 Å². The second-order valence-electron chi connectivity index (χ2n) is 4.97. The second kappa shape index (κ2) is 8.24. The zero-order valence-corrected chi connectivity index (χ0v) is 14.6. The summed E-state index contributed by atoms with van der Waals surface area (Å²) in [6.07, 6.45) is 0. The van der Waals surface area contributed by atoms with Crippen molar-refractivity contribution < 1.29 is 23.3 Å². The summed E-state index contributed by atoms with van der Waals surface area (Å²) in [6, 6.07) is 9.37. The van der Waals surface area contributed by atoms with Gasteiger partial charge in [0.15, 0.2) is 0 Å². The number of carbonyl (C=O) groups excluding carboxylic acids is 1. The lowest BCUT2D eigenvalue weighted by Crippen LogP contribution is -2.05. The number of nitro benzene ring substituents is 1. The van der Waals surface area contributed by atoms with Crippen molar-refractivity contribution in [3.63, 3.8) is 0 Å². The molecule has 0 fully saturated rings. The number of carbonyl (C=O) groups is 1. The molecule has 0 aliphatic heterocycles. The van der Waals surface area contributed by atoms with Crippen LogP contribution in [0.1, 0.15) is 31.1 Å². The van der Waals surface area contributed by atoms with Gasteiger partial charge in [0, 0.05) is 17.0 Å². The highest BCUT2D eigenvalue weighted by molar-refractivity contribution is 6.09. The lowest BCUT2D eigenvalue weighted by atomic mass is 10.1. The van der Waals surface area contributed by atoms with E-state index in [1.165, 1.54) is 42.5 Å². The number of furan rings is 1. The normalized spacial score (nSPS) is 10.2. The lowest BCUT2D eigenvalue weighted by Gasteiger charge is -2.03. The van der Waals surface area contributed by atoms with E-state index in [0.717, 1.165) is 0 Å². The SMILES string of the molecule is CC.CCOC(=O)c1c(-c2ccc(F)cc2)oc2cc([N+](=O)[O-])ccc12. The Hall–Kier alpha value is -3.22. The number of hydrogen-bond acceptors (Lipinski definition) is 5. The number of halogens is 1. The highest BCUT2D eigenvalue weighted by Gasteiger charge is 2.24. The first-order valence-electron chi connectivity index (χ1n) is 8.15. The minimum Gasteiger partial charge on any atom is -0.462 e. The molecule has 0 atom stereocenters. The molecule has 0 bridgehead atoms. The molecule has 1 aromatic heterocycles. The summed E-state index contributed by atoms with van der Waals surface area (Å²) in [4.78, 5) is 22.7. The van der Waals surface area contributed by atoms with Gasteiger partial charge in [-0.15, -0.1) is 0 Å². The largest absolute Gasteiger partial charge is 0.462 e. The first-order valence-corrected chi connectivity index (χ1v) is 8.15.